The van der Waals surface area contributed by atoms with Crippen molar-refractivity contribution < 1.29 is 4.79 Å². The van der Waals surface area contributed by atoms with E-state index in [9.17, 15) is 4.79 Å². The molecule has 2 aromatic heterocycles. The Bertz CT molecular complexity index is 810. The minimum Gasteiger partial charge on any atom is -0.336 e. The van der Waals surface area contributed by atoms with Gasteiger partial charge in [0.2, 0.25) is 0 Å². The minimum atomic E-state index is 0.147. The van der Waals surface area contributed by atoms with E-state index in [0.29, 0.717) is 6.04 Å². The lowest BCUT2D eigenvalue weighted by atomic mass is 10.0. The summed E-state index contributed by atoms with van der Waals surface area (Å²) < 4.78 is 2.12. The molecular weight excluding hydrogens is 318 g/mol. The standard InChI is InChI=1S/C19H19N3OS/c23-19(18-17(8-12-24-18)15-5-2-1-3-6-15)21-10-4-7-16(13-21)22-11-9-20-14-22/h1-3,5-6,8-9,11-12,14,16H,4,7,10,13H2. The first kappa shape index (κ1) is 15.1. The third-order valence-corrected chi connectivity index (χ3v) is 5.48. The zero-order valence-electron chi connectivity index (χ0n) is 13.3. The van der Waals surface area contributed by atoms with Crippen LogP contribution in [0.1, 0.15) is 28.6 Å². The van der Waals surface area contributed by atoms with Crippen LogP contribution in [0.2, 0.25) is 0 Å². The number of thiophene rings is 1. The van der Waals surface area contributed by atoms with E-state index in [1.165, 1.54) is 11.3 Å². The van der Waals surface area contributed by atoms with Crippen LogP contribution >= 0.6 is 11.3 Å². The van der Waals surface area contributed by atoms with E-state index < -0.39 is 0 Å². The van der Waals surface area contributed by atoms with E-state index in [2.05, 4.69) is 21.7 Å². The SMILES string of the molecule is O=C(c1sccc1-c1ccccc1)N1CCCC(n2ccnc2)C1. The van der Waals surface area contributed by atoms with Gasteiger partial charge in [-0.3, -0.25) is 4.79 Å². The van der Waals surface area contributed by atoms with Gasteiger partial charge < -0.3 is 9.47 Å². The monoisotopic (exact) mass is 337 g/mol. The fraction of sp³-hybridized carbons (Fsp3) is 0.263. The van der Waals surface area contributed by atoms with Crippen molar-refractivity contribution in [2.45, 2.75) is 18.9 Å². The van der Waals surface area contributed by atoms with Crippen LogP contribution in [0.4, 0.5) is 0 Å². The first-order chi connectivity index (χ1) is 11.8. The normalized spacial score (nSPS) is 17.8. The molecule has 4 rings (SSSR count). The van der Waals surface area contributed by atoms with Gasteiger partial charge in [-0.15, -0.1) is 11.3 Å². The largest absolute Gasteiger partial charge is 0.336 e. The molecule has 4 nitrogen and oxygen atoms in total. The number of carbonyl (C=O) groups is 1. The van der Waals surface area contributed by atoms with E-state index >= 15 is 0 Å². The summed E-state index contributed by atoms with van der Waals surface area (Å²) in [5.74, 6) is 0.147. The molecule has 1 atom stereocenters. The van der Waals surface area contributed by atoms with Crippen molar-refractivity contribution >= 4 is 17.2 Å². The lowest BCUT2D eigenvalue weighted by molar-refractivity contribution is 0.0685. The Morgan fingerprint density at radius 2 is 2.08 bits per heavy atom. The molecule has 0 aliphatic carbocycles. The summed E-state index contributed by atoms with van der Waals surface area (Å²) in [5, 5.41) is 2.01. The number of imidazole rings is 1. The molecule has 1 aliphatic rings. The van der Waals surface area contributed by atoms with Gasteiger partial charge in [0.1, 0.15) is 0 Å². The fourth-order valence-corrected chi connectivity index (χ4v) is 4.21. The van der Waals surface area contributed by atoms with Gasteiger partial charge in [0.05, 0.1) is 17.2 Å². The summed E-state index contributed by atoms with van der Waals surface area (Å²) in [6.07, 6.45) is 7.75. The van der Waals surface area contributed by atoms with Crippen molar-refractivity contribution in [3.05, 3.63) is 65.4 Å². The first-order valence-electron chi connectivity index (χ1n) is 8.22. The number of benzene rings is 1. The number of hydrogen-bond donors (Lipinski definition) is 0. The highest BCUT2D eigenvalue weighted by molar-refractivity contribution is 7.12. The first-order valence-corrected chi connectivity index (χ1v) is 9.10. The molecule has 1 aromatic carbocycles. The molecule has 24 heavy (non-hydrogen) atoms. The van der Waals surface area contributed by atoms with Gasteiger partial charge in [-0.05, 0) is 29.9 Å². The topological polar surface area (TPSA) is 38.1 Å². The lowest BCUT2D eigenvalue weighted by Gasteiger charge is -2.33. The molecule has 0 spiro atoms. The van der Waals surface area contributed by atoms with Crippen LogP contribution in [-0.4, -0.2) is 33.4 Å². The zero-order valence-corrected chi connectivity index (χ0v) is 14.2. The highest BCUT2D eigenvalue weighted by atomic mass is 32.1. The maximum Gasteiger partial charge on any atom is 0.264 e. The Balaban J connectivity index is 1.57. The van der Waals surface area contributed by atoms with E-state index in [1.807, 2.05) is 47.1 Å². The van der Waals surface area contributed by atoms with Crippen LogP contribution < -0.4 is 0 Å². The Morgan fingerprint density at radius 1 is 1.21 bits per heavy atom. The molecule has 3 heterocycles. The third kappa shape index (κ3) is 2.87. The van der Waals surface area contributed by atoms with Crippen molar-refractivity contribution in [1.29, 1.82) is 0 Å². The highest BCUT2D eigenvalue weighted by Crippen LogP contribution is 2.31. The molecule has 1 amide bonds. The number of rotatable bonds is 3. The fourth-order valence-electron chi connectivity index (χ4n) is 3.33. The predicted octanol–water partition coefficient (Wildman–Crippen LogP) is 4.09. The Labute approximate surface area is 145 Å². The van der Waals surface area contributed by atoms with E-state index in [0.717, 1.165) is 41.9 Å². The smallest absolute Gasteiger partial charge is 0.264 e. The molecule has 0 saturated carbocycles. The number of piperidine rings is 1. The van der Waals surface area contributed by atoms with Crippen molar-refractivity contribution in [3.63, 3.8) is 0 Å². The molecule has 1 saturated heterocycles. The maximum atomic E-state index is 13.1. The summed E-state index contributed by atoms with van der Waals surface area (Å²) in [6, 6.07) is 12.5. The summed E-state index contributed by atoms with van der Waals surface area (Å²) in [6.45, 7) is 1.58. The van der Waals surface area contributed by atoms with Crippen molar-refractivity contribution in [2.75, 3.05) is 13.1 Å². The summed E-state index contributed by atoms with van der Waals surface area (Å²) in [7, 11) is 0. The minimum absolute atomic E-state index is 0.147. The molecule has 0 bridgehead atoms. The third-order valence-electron chi connectivity index (χ3n) is 4.57. The maximum absolute atomic E-state index is 13.1. The summed E-state index contributed by atoms with van der Waals surface area (Å²) in [5.41, 5.74) is 2.14. The highest BCUT2D eigenvalue weighted by Gasteiger charge is 2.27. The molecule has 122 valence electrons. The molecule has 5 heteroatoms. The Morgan fingerprint density at radius 3 is 2.88 bits per heavy atom. The molecular formula is C19H19N3OS. The molecule has 0 N–H and O–H groups in total. The average molecular weight is 337 g/mol. The van der Waals surface area contributed by atoms with Gasteiger partial charge in [0.15, 0.2) is 0 Å². The van der Waals surface area contributed by atoms with E-state index in [-0.39, 0.29) is 5.91 Å². The molecule has 1 aliphatic heterocycles. The van der Waals surface area contributed by atoms with Crippen LogP contribution in [0.3, 0.4) is 0 Å². The number of aromatic nitrogens is 2. The Kier molecular flexibility index (Phi) is 4.17. The van der Waals surface area contributed by atoms with Crippen molar-refractivity contribution in [3.8, 4) is 11.1 Å². The number of likely N-dealkylation sites (tertiary alicyclic amines) is 1. The second-order valence-electron chi connectivity index (χ2n) is 6.09. The Hall–Kier alpha value is -2.40. The van der Waals surface area contributed by atoms with Gasteiger partial charge >= 0.3 is 0 Å². The van der Waals surface area contributed by atoms with Gasteiger partial charge in [-0.25, -0.2) is 4.98 Å². The molecule has 1 fully saturated rings. The summed E-state index contributed by atoms with van der Waals surface area (Å²) >= 11 is 1.53. The number of nitrogens with zero attached hydrogens (tertiary/aromatic N) is 3. The average Bonchev–Trinajstić information content (AvgIpc) is 3.34. The van der Waals surface area contributed by atoms with Crippen molar-refractivity contribution in [1.82, 2.24) is 14.5 Å². The number of carbonyl (C=O) groups excluding carboxylic acids is 1. The summed E-state index contributed by atoms with van der Waals surface area (Å²) in [4.78, 5) is 20.0. The van der Waals surface area contributed by atoms with E-state index in [1.54, 1.807) is 6.20 Å². The molecule has 3 aromatic rings. The van der Waals surface area contributed by atoms with Gasteiger partial charge in [0.25, 0.3) is 5.91 Å². The second kappa shape index (κ2) is 6.61. The second-order valence-corrected chi connectivity index (χ2v) is 7.00. The van der Waals surface area contributed by atoms with Crippen molar-refractivity contribution in [2.24, 2.45) is 0 Å². The van der Waals surface area contributed by atoms with Gasteiger partial charge in [-0.2, -0.15) is 0 Å². The molecule has 1 unspecified atom stereocenters. The van der Waals surface area contributed by atoms with Crippen LogP contribution in [-0.2, 0) is 0 Å². The van der Waals surface area contributed by atoms with Gasteiger partial charge in [0, 0.05) is 31.0 Å². The van der Waals surface area contributed by atoms with E-state index in [4.69, 9.17) is 0 Å². The quantitative estimate of drug-likeness (QED) is 0.722. The predicted molar refractivity (Wildman–Crippen MR) is 96.2 cm³/mol. The number of hydrogen-bond acceptors (Lipinski definition) is 3. The van der Waals surface area contributed by atoms with Gasteiger partial charge in [-0.1, -0.05) is 30.3 Å². The number of amides is 1. The van der Waals surface area contributed by atoms with Crippen LogP contribution in [0, 0.1) is 0 Å². The lowest BCUT2D eigenvalue weighted by Crippen LogP contribution is -2.40. The van der Waals surface area contributed by atoms with Crippen LogP contribution in [0.25, 0.3) is 11.1 Å². The molecule has 0 radical (unpaired) electrons. The van der Waals surface area contributed by atoms with Crippen LogP contribution in [0.15, 0.2) is 60.5 Å². The zero-order chi connectivity index (χ0) is 16.4. The van der Waals surface area contributed by atoms with Crippen LogP contribution in [0.5, 0.6) is 0 Å².